The molecule has 0 saturated heterocycles. The van der Waals surface area contributed by atoms with Crippen LogP contribution in [0, 0.1) is 0 Å². The number of carbonyl (C=O) groups excluding carboxylic acids is 1. The number of hydrogen-bond acceptors (Lipinski definition) is 3. The second-order valence-electron chi connectivity index (χ2n) is 6.53. The molecular formula is C20H30N2O2. The van der Waals surface area contributed by atoms with Crippen LogP contribution < -0.4 is 0 Å². The van der Waals surface area contributed by atoms with E-state index >= 15 is 0 Å². The van der Waals surface area contributed by atoms with Gasteiger partial charge in [-0.05, 0) is 32.0 Å². The van der Waals surface area contributed by atoms with Crippen molar-refractivity contribution in [3.05, 3.63) is 36.0 Å². The Morgan fingerprint density at radius 2 is 1.83 bits per heavy atom. The van der Waals surface area contributed by atoms with E-state index in [1.807, 2.05) is 35.0 Å². The Morgan fingerprint density at radius 3 is 2.46 bits per heavy atom. The lowest BCUT2D eigenvalue weighted by molar-refractivity contribution is 0.0971. The van der Waals surface area contributed by atoms with Crippen molar-refractivity contribution in [2.45, 2.75) is 52.2 Å². The Balaban J connectivity index is 2.05. The normalized spacial score (nSPS) is 12.8. The van der Waals surface area contributed by atoms with Crippen LogP contribution in [0.25, 0.3) is 10.9 Å². The highest BCUT2D eigenvalue weighted by atomic mass is 16.3. The lowest BCUT2D eigenvalue weighted by atomic mass is 10.2. The van der Waals surface area contributed by atoms with Gasteiger partial charge in [-0.1, -0.05) is 44.9 Å². The molecule has 132 valence electrons. The Kier molecular flexibility index (Phi) is 7.47. The molecule has 4 heteroatoms. The molecule has 0 aliphatic carbocycles. The number of rotatable bonds is 11. The molecule has 0 bridgehead atoms. The van der Waals surface area contributed by atoms with Crippen LogP contribution in [0.1, 0.15) is 49.9 Å². The van der Waals surface area contributed by atoms with E-state index in [9.17, 15) is 9.90 Å². The summed E-state index contributed by atoms with van der Waals surface area (Å²) in [6.45, 7) is 7.67. The molecule has 24 heavy (non-hydrogen) atoms. The number of hydrogen-bond donors (Lipinski definition) is 1. The maximum Gasteiger partial charge on any atom is 0.152 e. The summed E-state index contributed by atoms with van der Waals surface area (Å²) in [6, 6.07) is 7.86. The van der Waals surface area contributed by atoms with Gasteiger partial charge in [-0.25, -0.2) is 0 Å². The van der Waals surface area contributed by atoms with Gasteiger partial charge in [0.2, 0.25) is 0 Å². The van der Waals surface area contributed by atoms with Gasteiger partial charge in [0.15, 0.2) is 6.29 Å². The largest absolute Gasteiger partial charge is 0.390 e. The number of aromatic nitrogens is 1. The van der Waals surface area contributed by atoms with Gasteiger partial charge in [0, 0.05) is 35.8 Å². The average Bonchev–Trinajstić information content (AvgIpc) is 2.95. The molecule has 1 aromatic carbocycles. The number of unbranched alkanes of at least 4 members (excludes halogenated alkanes) is 2. The van der Waals surface area contributed by atoms with E-state index < -0.39 is 6.10 Å². The molecule has 1 N–H and O–H groups in total. The van der Waals surface area contributed by atoms with E-state index in [0.717, 1.165) is 43.1 Å². The number of aliphatic hydroxyl groups excluding tert-OH is 1. The van der Waals surface area contributed by atoms with Gasteiger partial charge in [0.25, 0.3) is 0 Å². The van der Waals surface area contributed by atoms with E-state index in [4.69, 9.17) is 0 Å². The molecule has 1 unspecified atom stereocenters. The van der Waals surface area contributed by atoms with Gasteiger partial charge in [-0.15, -0.1) is 0 Å². The van der Waals surface area contributed by atoms with Crippen LogP contribution in [-0.2, 0) is 6.54 Å². The summed E-state index contributed by atoms with van der Waals surface area (Å²) in [5, 5.41) is 11.5. The van der Waals surface area contributed by atoms with E-state index in [-0.39, 0.29) is 0 Å². The zero-order valence-electron chi connectivity index (χ0n) is 14.9. The molecular weight excluding hydrogens is 300 g/mol. The van der Waals surface area contributed by atoms with Crippen molar-refractivity contribution in [1.29, 1.82) is 0 Å². The van der Waals surface area contributed by atoms with Crippen molar-refractivity contribution in [3.8, 4) is 0 Å². The highest BCUT2D eigenvalue weighted by molar-refractivity contribution is 5.97. The fourth-order valence-corrected chi connectivity index (χ4v) is 3.16. The van der Waals surface area contributed by atoms with Gasteiger partial charge >= 0.3 is 0 Å². The highest BCUT2D eigenvalue weighted by Gasteiger charge is 2.14. The van der Waals surface area contributed by atoms with Gasteiger partial charge in [-0.3, -0.25) is 4.79 Å². The molecule has 1 aromatic heterocycles. The summed E-state index contributed by atoms with van der Waals surface area (Å²) in [4.78, 5) is 13.6. The first-order valence-electron chi connectivity index (χ1n) is 9.13. The molecule has 0 aliphatic heterocycles. The third kappa shape index (κ3) is 4.92. The van der Waals surface area contributed by atoms with Crippen molar-refractivity contribution < 1.29 is 9.90 Å². The van der Waals surface area contributed by atoms with E-state index in [1.165, 1.54) is 12.8 Å². The van der Waals surface area contributed by atoms with Crippen LogP contribution >= 0.6 is 0 Å². The Labute approximate surface area is 145 Å². The summed E-state index contributed by atoms with van der Waals surface area (Å²) in [5.74, 6) is 0. The maximum absolute atomic E-state index is 11.2. The van der Waals surface area contributed by atoms with Gasteiger partial charge < -0.3 is 14.6 Å². The zero-order valence-corrected chi connectivity index (χ0v) is 14.9. The minimum Gasteiger partial charge on any atom is -0.390 e. The number of aldehydes is 1. The van der Waals surface area contributed by atoms with Crippen molar-refractivity contribution >= 4 is 17.2 Å². The second-order valence-corrected chi connectivity index (χ2v) is 6.53. The average molecular weight is 330 g/mol. The summed E-state index contributed by atoms with van der Waals surface area (Å²) >= 11 is 0. The van der Waals surface area contributed by atoms with Gasteiger partial charge in [0.1, 0.15) is 0 Å². The first kappa shape index (κ1) is 18.7. The first-order valence-corrected chi connectivity index (χ1v) is 9.13. The monoisotopic (exact) mass is 330 g/mol. The molecule has 4 nitrogen and oxygen atoms in total. The van der Waals surface area contributed by atoms with Gasteiger partial charge in [-0.2, -0.15) is 0 Å². The Morgan fingerprint density at radius 1 is 1.17 bits per heavy atom. The number of nitrogens with zero attached hydrogens (tertiary/aromatic N) is 2. The quantitative estimate of drug-likeness (QED) is 0.639. The summed E-state index contributed by atoms with van der Waals surface area (Å²) < 4.78 is 2.00. The fraction of sp³-hybridized carbons (Fsp3) is 0.550. The molecule has 0 spiro atoms. The van der Waals surface area contributed by atoms with E-state index in [0.29, 0.717) is 18.7 Å². The smallest absolute Gasteiger partial charge is 0.152 e. The van der Waals surface area contributed by atoms with Gasteiger partial charge in [0.05, 0.1) is 6.10 Å². The Bertz CT molecular complexity index is 628. The van der Waals surface area contributed by atoms with Crippen molar-refractivity contribution in [2.24, 2.45) is 0 Å². The molecule has 1 heterocycles. The number of fused-ring (bicyclic) bond motifs is 1. The molecule has 0 aliphatic rings. The van der Waals surface area contributed by atoms with Crippen molar-refractivity contribution in [2.75, 3.05) is 19.6 Å². The van der Waals surface area contributed by atoms with E-state index in [1.54, 1.807) is 0 Å². The van der Waals surface area contributed by atoms with Crippen LogP contribution in [0.5, 0.6) is 0 Å². The molecule has 0 saturated carbocycles. The molecule has 0 fully saturated rings. The lowest BCUT2D eigenvalue weighted by Crippen LogP contribution is -2.36. The summed E-state index contributed by atoms with van der Waals surface area (Å²) in [7, 11) is 0. The molecule has 2 rings (SSSR count). The fourth-order valence-electron chi connectivity index (χ4n) is 3.16. The van der Waals surface area contributed by atoms with Crippen LogP contribution in [0.15, 0.2) is 30.5 Å². The Hall–Kier alpha value is -1.65. The molecule has 0 amide bonds. The molecule has 0 radical (unpaired) electrons. The van der Waals surface area contributed by atoms with Crippen LogP contribution in [-0.4, -0.2) is 46.6 Å². The minimum atomic E-state index is -0.436. The van der Waals surface area contributed by atoms with Crippen LogP contribution in [0.2, 0.25) is 0 Å². The van der Waals surface area contributed by atoms with Crippen LogP contribution in [0.4, 0.5) is 0 Å². The SMILES string of the molecule is CCCCN(CCCC)CC(O)Cn1cc(C=O)c2ccccc21. The lowest BCUT2D eigenvalue weighted by Gasteiger charge is -2.25. The standard InChI is InChI=1S/C20H30N2O2/c1-3-5-11-21(12-6-4-2)14-18(24)15-22-13-17(16-23)19-9-7-8-10-20(19)22/h7-10,13,16,18,24H,3-6,11-12,14-15H2,1-2H3. The van der Waals surface area contributed by atoms with Crippen LogP contribution in [0.3, 0.4) is 0 Å². The minimum absolute atomic E-state index is 0.436. The first-order chi connectivity index (χ1) is 11.7. The van der Waals surface area contributed by atoms with Crippen molar-refractivity contribution in [3.63, 3.8) is 0 Å². The molecule has 1 atom stereocenters. The molecule has 2 aromatic rings. The summed E-state index contributed by atoms with van der Waals surface area (Å²) in [6.07, 6.45) is 6.97. The number of aliphatic hydroxyl groups is 1. The zero-order chi connectivity index (χ0) is 17.4. The number of carbonyl (C=O) groups is 1. The third-order valence-corrected chi connectivity index (χ3v) is 4.48. The highest BCUT2D eigenvalue weighted by Crippen LogP contribution is 2.20. The predicted molar refractivity (Wildman–Crippen MR) is 99.6 cm³/mol. The predicted octanol–water partition coefficient (Wildman–Crippen LogP) is 3.72. The second kappa shape index (κ2) is 9.60. The summed E-state index contributed by atoms with van der Waals surface area (Å²) in [5.41, 5.74) is 1.69. The number of benzene rings is 1. The maximum atomic E-state index is 11.2. The van der Waals surface area contributed by atoms with Crippen molar-refractivity contribution in [1.82, 2.24) is 9.47 Å². The number of para-hydroxylation sites is 1. The van der Waals surface area contributed by atoms with E-state index in [2.05, 4.69) is 18.7 Å². The third-order valence-electron chi connectivity index (χ3n) is 4.48. The topological polar surface area (TPSA) is 45.5 Å².